The predicted molar refractivity (Wildman–Crippen MR) is 108 cm³/mol. The molecular formula is C23H18BrNO. The average Bonchev–Trinajstić information content (AvgIpc) is 2.67. The van der Waals surface area contributed by atoms with Gasteiger partial charge in [0.15, 0.2) is 0 Å². The first-order valence-corrected chi connectivity index (χ1v) is 9.14. The molecule has 0 aliphatic heterocycles. The molecule has 0 N–H and O–H groups in total. The highest BCUT2D eigenvalue weighted by Crippen LogP contribution is 2.12. The molecule has 0 bridgehead atoms. The summed E-state index contributed by atoms with van der Waals surface area (Å²) < 4.78 is 0.946. The van der Waals surface area contributed by atoms with Crippen LogP contribution in [0.4, 0.5) is 0 Å². The number of benzene rings is 3. The van der Waals surface area contributed by atoms with Gasteiger partial charge in [0.05, 0.1) is 0 Å². The fraction of sp³-hybridized carbons (Fsp3) is 0.0870. The highest BCUT2D eigenvalue weighted by Gasteiger charge is 2.12. The molecule has 0 saturated heterocycles. The van der Waals surface area contributed by atoms with Crippen LogP contribution in [0.2, 0.25) is 0 Å². The van der Waals surface area contributed by atoms with Gasteiger partial charge in [0.25, 0.3) is 5.91 Å². The lowest BCUT2D eigenvalue weighted by Gasteiger charge is -2.20. The zero-order valence-electron chi connectivity index (χ0n) is 14.2. The zero-order valence-corrected chi connectivity index (χ0v) is 15.8. The summed E-state index contributed by atoms with van der Waals surface area (Å²) in [6, 6.07) is 27.6. The third-order valence-corrected chi connectivity index (χ3v) is 4.35. The molecule has 3 aromatic carbocycles. The first-order chi connectivity index (χ1) is 12.7. The molecule has 1 amide bonds. The molecule has 0 spiro atoms. The summed E-state index contributed by atoms with van der Waals surface area (Å²) in [7, 11) is 0. The number of carbonyl (C=O) groups is 1. The Labute approximate surface area is 162 Å². The highest BCUT2D eigenvalue weighted by atomic mass is 79.9. The van der Waals surface area contributed by atoms with Gasteiger partial charge in [0, 0.05) is 29.0 Å². The van der Waals surface area contributed by atoms with E-state index in [4.69, 9.17) is 0 Å². The molecular weight excluding hydrogens is 386 g/mol. The van der Waals surface area contributed by atoms with E-state index in [0.29, 0.717) is 13.1 Å². The smallest absolute Gasteiger partial charge is 0.299 e. The molecule has 128 valence electrons. The molecule has 26 heavy (non-hydrogen) atoms. The molecule has 0 aliphatic carbocycles. The van der Waals surface area contributed by atoms with Crippen molar-refractivity contribution >= 4 is 21.8 Å². The molecule has 0 unspecified atom stereocenters. The molecule has 0 radical (unpaired) electrons. The van der Waals surface area contributed by atoms with Gasteiger partial charge in [-0.25, -0.2) is 0 Å². The lowest BCUT2D eigenvalue weighted by molar-refractivity contribution is -0.126. The molecule has 0 atom stereocenters. The summed E-state index contributed by atoms with van der Waals surface area (Å²) in [5, 5.41) is 0. The van der Waals surface area contributed by atoms with E-state index >= 15 is 0 Å². The Kier molecular flexibility index (Phi) is 6.24. The molecule has 0 heterocycles. The maximum Gasteiger partial charge on any atom is 0.299 e. The quantitative estimate of drug-likeness (QED) is 0.559. The van der Waals surface area contributed by atoms with Crippen LogP contribution in [0, 0.1) is 11.8 Å². The van der Waals surface area contributed by atoms with Crippen molar-refractivity contribution in [3.05, 3.63) is 106 Å². The zero-order chi connectivity index (χ0) is 18.2. The SMILES string of the molecule is O=C(C#Cc1cccc(Br)c1)N(Cc1ccccc1)Cc1ccccc1. The van der Waals surface area contributed by atoms with Crippen molar-refractivity contribution in [2.75, 3.05) is 0 Å². The van der Waals surface area contributed by atoms with E-state index in [1.807, 2.05) is 84.9 Å². The Morgan fingerprint density at radius 1 is 0.808 bits per heavy atom. The number of amides is 1. The minimum atomic E-state index is -0.183. The van der Waals surface area contributed by atoms with Gasteiger partial charge in [0.1, 0.15) is 0 Å². The van der Waals surface area contributed by atoms with Crippen molar-refractivity contribution in [3.8, 4) is 11.8 Å². The van der Waals surface area contributed by atoms with E-state index < -0.39 is 0 Å². The first-order valence-electron chi connectivity index (χ1n) is 8.35. The minimum Gasteiger partial charge on any atom is -0.323 e. The van der Waals surface area contributed by atoms with Gasteiger partial charge < -0.3 is 4.90 Å². The fourth-order valence-corrected chi connectivity index (χ4v) is 2.98. The summed E-state index contributed by atoms with van der Waals surface area (Å²) in [4.78, 5) is 14.5. The topological polar surface area (TPSA) is 20.3 Å². The summed E-state index contributed by atoms with van der Waals surface area (Å²) in [5.41, 5.74) is 2.98. The van der Waals surface area contributed by atoms with Crippen LogP contribution in [0.25, 0.3) is 0 Å². The van der Waals surface area contributed by atoms with Crippen LogP contribution < -0.4 is 0 Å². The molecule has 3 heteroatoms. The Hall–Kier alpha value is -2.83. The fourth-order valence-electron chi connectivity index (χ4n) is 2.58. The summed E-state index contributed by atoms with van der Waals surface area (Å²) in [5.74, 6) is 5.57. The monoisotopic (exact) mass is 403 g/mol. The van der Waals surface area contributed by atoms with Crippen LogP contribution in [0.5, 0.6) is 0 Å². The van der Waals surface area contributed by atoms with E-state index in [2.05, 4.69) is 27.8 Å². The second kappa shape index (κ2) is 9.03. The second-order valence-electron chi connectivity index (χ2n) is 5.89. The van der Waals surface area contributed by atoms with Crippen molar-refractivity contribution in [2.24, 2.45) is 0 Å². The summed E-state index contributed by atoms with van der Waals surface area (Å²) in [6.45, 7) is 1.06. The maximum atomic E-state index is 12.8. The van der Waals surface area contributed by atoms with Crippen LogP contribution in [0.1, 0.15) is 16.7 Å². The Balaban J connectivity index is 1.81. The summed E-state index contributed by atoms with van der Waals surface area (Å²) in [6.07, 6.45) is 0. The number of rotatable bonds is 4. The standard InChI is InChI=1S/C23H18BrNO/c24-22-13-7-12-19(16-22)14-15-23(26)25(17-20-8-3-1-4-9-20)18-21-10-5-2-6-11-21/h1-13,16H,17-18H2. The third-order valence-electron chi connectivity index (χ3n) is 3.86. The van der Waals surface area contributed by atoms with Crippen molar-refractivity contribution < 1.29 is 4.79 Å². The molecule has 0 aliphatic rings. The van der Waals surface area contributed by atoms with Crippen LogP contribution in [0.3, 0.4) is 0 Å². The van der Waals surface area contributed by atoms with Gasteiger partial charge >= 0.3 is 0 Å². The molecule has 3 aromatic rings. The predicted octanol–water partition coefficient (Wildman–Crippen LogP) is 5.03. The molecule has 0 fully saturated rings. The second-order valence-corrected chi connectivity index (χ2v) is 6.81. The molecule has 0 saturated carbocycles. The molecule has 2 nitrogen and oxygen atoms in total. The van der Waals surface area contributed by atoms with E-state index in [0.717, 1.165) is 21.2 Å². The lowest BCUT2D eigenvalue weighted by Crippen LogP contribution is -2.28. The molecule has 3 rings (SSSR count). The average molecular weight is 404 g/mol. The van der Waals surface area contributed by atoms with Gasteiger partial charge in [-0.2, -0.15) is 0 Å². The van der Waals surface area contributed by atoms with Crippen LogP contribution in [-0.2, 0) is 17.9 Å². The van der Waals surface area contributed by atoms with Crippen molar-refractivity contribution in [2.45, 2.75) is 13.1 Å². The highest BCUT2D eigenvalue weighted by molar-refractivity contribution is 9.10. The van der Waals surface area contributed by atoms with Crippen LogP contribution in [-0.4, -0.2) is 10.8 Å². The Morgan fingerprint density at radius 3 is 1.92 bits per heavy atom. The Morgan fingerprint density at radius 2 is 1.38 bits per heavy atom. The van der Waals surface area contributed by atoms with Crippen molar-refractivity contribution in [1.82, 2.24) is 4.90 Å². The number of carbonyl (C=O) groups excluding carboxylic acids is 1. The first kappa shape index (κ1) is 18.0. The number of nitrogens with zero attached hydrogens (tertiary/aromatic N) is 1. The normalized spacial score (nSPS) is 9.88. The van der Waals surface area contributed by atoms with Crippen LogP contribution >= 0.6 is 15.9 Å². The molecule has 0 aromatic heterocycles. The Bertz CT molecular complexity index is 885. The van der Waals surface area contributed by atoms with E-state index in [9.17, 15) is 4.79 Å². The van der Waals surface area contributed by atoms with Crippen molar-refractivity contribution in [3.63, 3.8) is 0 Å². The third kappa shape index (κ3) is 5.34. The van der Waals surface area contributed by atoms with Gasteiger partial charge in [-0.05, 0) is 29.3 Å². The summed E-state index contributed by atoms with van der Waals surface area (Å²) >= 11 is 3.42. The van der Waals surface area contributed by atoms with Gasteiger partial charge in [-0.15, -0.1) is 0 Å². The largest absolute Gasteiger partial charge is 0.323 e. The lowest BCUT2D eigenvalue weighted by atomic mass is 10.1. The van der Waals surface area contributed by atoms with E-state index in [-0.39, 0.29) is 5.91 Å². The number of hydrogen-bond donors (Lipinski definition) is 0. The van der Waals surface area contributed by atoms with Gasteiger partial charge in [0.2, 0.25) is 0 Å². The van der Waals surface area contributed by atoms with E-state index in [1.165, 1.54) is 0 Å². The van der Waals surface area contributed by atoms with E-state index in [1.54, 1.807) is 4.90 Å². The minimum absolute atomic E-state index is 0.183. The number of halogens is 1. The van der Waals surface area contributed by atoms with Gasteiger partial charge in [-0.1, -0.05) is 88.6 Å². The number of hydrogen-bond acceptors (Lipinski definition) is 1. The van der Waals surface area contributed by atoms with Crippen LogP contribution in [0.15, 0.2) is 89.4 Å². The van der Waals surface area contributed by atoms with Gasteiger partial charge in [-0.3, -0.25) is 4.79 Å². The van der Waals surface area contributed by atoms with Crippen molar-refractivity contribution in [1.29, 1.82) is 0 Å². The maximum absolute atomic E-state index is 12.8.